The second-order valence-electron chi connectivity index (χ2n) is 11.0. The van der Waals surface area contributed by atoms with Gasteiger partial charge in [0.2, 0.25) is 5.79 Å². The van der Waals surface area contributed by atoms with Gasteiger partial charge in [0.1, 0.15) is 6.29 Å². The van der Waals surface area contributed by atoms with Crippen molar-refractivity contribution in [3.63, 3.8) is 0 Å². The second-order valence-corrected chi connectivity index (χ2v) is 11.0. The van der Waals surface area contributed by atoms with E-state index in [1.807, 2.05) is 31.2 Å². The lowest BCUT2D eigenvalue weighted by atomic mass is 9.66. The van der Waals surface area contributed by atoms with Gasteiger partial charge in [-0.2, -0.15) is 0 Å². The first-order chi connectivity index (χ1) is 16.5. The van der Waals surface area contributed by atoms with Crippen LogP contribution in [0.25, 0.3) is 5.57 Å². The van der Waals surface area contributed by atoms with Gasteiger partial charge in [0, 0.05) is 34.8 Å². The third-order valence-corrected chi connectivity index (χ3v) is 7.55. The van der Waals surface area contributed by atoms with Crippen LogP contribution in [0.1, 0.15) is 87.3 Å². The number of carbonyl (C=O) groups is 1. The van der Waals surface area contributed by atoms with Crippen LogP contribution in [0, 0.1) is 6.92 Å². The number of allylic oxidation sites excluding steroid dienone is 4. The fourth-order valence-corrected chi connectivity index (χ4v) is 5.22. The van der Waals surface area contributed by atoms with Crippen LogP contribution in [0.4, 0.5) is 0 Å². The fourth-order valence-electron chi connectivity index (χ4n) is 5.22. The molecule has 0 radical (unpaired) electrons. The molecule has 2 aliphatic rings. The van der Waals surface area contributed by atoms with E-state index in [1.165, 1.54) is 11.1 Å². The Morgan fingerprint density at radius 2 is 1.51 bits per heavy atom. The van der Waals surface area contributed by atoms with Crippen molar-refractivity contribution in [1.29, 1.82) is 0 Å². The maximum absolute atomic E-state index is 10.7. The Bertz CT molecular complexity index is 1160. The highest BCUT2D eigenvalue weighted by Crippen LogP contribution is 2.46. The summed E-state index contributed by atoms with van der Waals surface area (Å²) in [5.74, 6) is -0.734. The van der Waals surface area contributed by atoms with Crippen LogP contribution in [0.15, 0.2) is 54.3 Å². The van der Waals surface area contributed by atoms with Gasteiger partial charge in [0.05, 0.1) is 19.0 Å². The molecule has 4 rings (SSSR count). The molecule has 1 saturated heterocycles. The number of hydrogen-bond donors (Lipinski definition) is 1. The van der Waals surface area contributed by atoms with Crippen molar-refractivity contribution in [2.75, 3.05) is 13.2 Å². The fraction of sp³-hybridized carbons (Fsp3) is 0.452. The summed E-state index contributed by atoms with van der Waals surface area (Å²) in [4.78, 5) is 10.7. The monoisotopic (exact) mass is 474 g/mol. The summed E-state index contributed by atoms with van der Waals surface area (Å²) >= 11 is 0. The molecule has 1 aliphatic carbocycles. The Hall–Kier alpha value is -2.69. The standard InChI is InChI=1S/C31H38O4/c1-21-19-26-27(30(5,6)15-14-29(26,3)4)20-25(21)31(34-17-8-18-35-31)24-12-10-23(11-13-24)22(2)28(33)9-7-16-32/h10-16,19-20,33H,7-9,17-18H2,1-6H3/b28-22-. The van der Waals surface area contributed by atoms with Crippen LogP contribution in [0.2, 0.25) is 0 Å². The van der Waals surface area contributed by atoms with Gasteiger partial charge < -0.3 is 19.4 Å². The predicted molar refractivity (Wildman–Crippen MR) is 141 cm³/mol. The Morgan fingerprint density at radius 3 is 2.09 bits per heavy atom. The first kappa shape index (κ1) is 25.4. The lowest BCUT2D eigenvalue weighted by Gasteiger charge is -2.42. The molecule has 0 unspecified atom stereocenters. The molecule has 4 heteroatoms. The van der Waals surface area contributed by atoms with Gasteiger partial charge in [-0.15, -0.1) is 0 Å². The van der Waals surface area contributed by atoms with Crippen molar-refractivity contribution in [2.45, 2.75) is 77.4 Å². The zero-order valence-electron chi connectivity index (χ0n) is 21.9. The molecule has 186 valence electrons. The molecule has 1 fully saturated rings. The molecule has 1 N–H and O–H groups in total. The lowest BCUT2D eigenvalue weighted by Crippen LogP contribution is -2.40. The minimum Gasteiger partial charge on any atom is -0.512 e. The highest BCUT2D eigenvalue weighted by atomic mass is 16.7. The number of aliphatic hydroxyl groups is 1. The Labute approximate surface area is 209 Å². The molecular formula is C31H38O4. The summed E-state index contributed by atoms with van der Waals surface area (Å²) in [6.07, 6.45) is 6.97. The minimum atomic E-state index is -0.978. The Balaban J connectivity index is 1.82. The van der Waals surface area contributed by atoms with Crippen molar-refractivity contribution in [3.8, 4) is 0 Å². The number of carbonyl (C=O) groups excluding carboxylic acids is 1. The number of aliphatic hydroxyl groups excluding tert-OH is 1. The predicted octanol–water partition coefficient (Wildman–Crippen LogP) is 7.03. The Kier molecular flexibility index (Phi) is 6.82. The molecule has 0 amide bonds. The number of benzene rings is 2. The van der Waals surface area contributed by atoms with E-state index >= 15 is 0 Å². The summed E-state index contributed by atoms with van der Waals surface area (Å²) in [5, 5.41) is 10.4. The number of aldehydes is 1. The molecular weight excluding hydrogens is 436 g/mol. The van der Waals surface area contributed by atoms with Gasteiger partial charge in [0.25, 0.3) is 0 Å². The van der Waals surface area contributed by atoms with Crippen LogP contribution >= 0.6 is 0 Å². The lowest BCUT2D eigenvalue weighted by molar-refractivity contribution is -0.249. The van der Waals surface area contributed by atoms with Crippen LogP contribution in [-0.4, -0.2) is 24.6 Å². The number of hydrogen-bond acceptors (Lipinski definition) is 4. The molecule has 0 spiro atoms. The van der Waals surface area contributed by atoms with Gasteiger partial charge in [-0.1, -0.05) is 70.2 Å². The zero-order valence-corrected chi connectivity index (χ0v) is 21.9. The SMILES string of the molecule is C/C(=C(/O)CCC=O)c1ccc(C2(c3cc4c(cc3C)C(C)(C)C=CC4(C)C)OCCCO2)cc1. The van der Waals surface area contributed by atoms with E-state index in [0.29, 0.717) is 26.1 Å². The summed E-state index contributed by atoms with van der Waals surface area (Å²) in [6.45, 7) is 14.3. The summed E-state index contributed by atoms with van der Waals surface area (Å²) < 4.78 is 13.0. The van der Waals surface area contributed by atoms with Gasteiger partial charge >= 0.3 is 0 Å². The quantitative estimate of drug-likeness (QED) is 0.277. The van der Waals surface area contributed by atoms with Crippen LogP contribution in [-0.2, 0) is 30.9 Å². The molecule has 2 aromatic rings. The van der Waals surface area contributed by atoms with Crippen LogP contribution < -0.4 is 0 Å². The van der Waals surface area contributed by atoms with E-state index in [4.69, 9.17) is 9.47 Å². The van der Waals surface area contributed by atoms with Crippen molar-refractivity contribution < 1.29 is 19.4 Å². The van der Waals surface area contributed by atoms with E-state index in [1.54, 1.807) is 0 Å². The molecule has 0 aromatic heterocycles. The molecule has 35 heavy (non-hydrogen) atoms. The number of aryl methyl sites for hydroxylation is 1. The second kappa shape index (κ2) is 9.40. The Morgan fingerprint density at radius 1 is 0.943 bits per heavy atom. The van der Waals surface area contributed by atoms with Gasteiger partial charge in [-0.05, 0) is 54.2 Å². The van der Waals surface area contributed by atoms with Gasteiger partial charge in [-0.3, -0.25) is 0 Å². The van der Waals surface area contributed by atoms with Crippen LogP contribution in [0.5, 0.6) is 0 Å². The molecule has 1 heterocycles. The highest BCUT2D eigenvalue weighted by Gasteiger charge is 2.42. The van der Waals surface area contributed by atoms with Crippen molar-refractivity contribution in [2.24, 2.45) is 0 Å². The van der Waals surface area contributed by atoms with E-state index in [-0.39, 0.29) is 16.6 Å². The maximum Gasteiger partial charge on any atom is 0.222 e. The number of rotatable bonds is 6. The summed E-state index contributed by atoms with van der Waals surface area (Å²) in [6, 6.07) is 12.7. The first-order valence-corrected chi connectivity index (χ1v) is 12.6. The molecule has 0 bridgehead atoms. The summed E-state index contributed by atoms with van der Waals surface area (Å²) in [7, 11) is 0. The largest absolute Gasteiger partial charge is 0.512 e. The average Bonchev–Trinajstić information content (AvgIpc) is 2.85. The molecule has 2 aromatic carbocycles. The van der Waals surface area contributed by atoms with E-state index < -0.39 is 5.79 Å². The molecule has 0 atom stereocenters. The molecule has 1 aliphatic heterocycles. The van der Waals surface area contributed by atoms with Gasteiger partial charge in [0.15, 0.2) is 0 Å². The normalized spacial score (nSPS) is 20.6. The topological polar surface area (TPSA) is 55.8 Å². The first-order valence-electron chi connectivity index (χ1n) is 12.6. The van der Waals surface area contributed by atoms with Crippen molar-refractivity contribution in [3.05, 3.63) is 87.7 Å². The average molecular weight is 475 g/mol. The zero-order chi connectivity index (χ0) is 25.4. The molecule has 0 saturated carbocycles. The third-order valence-electron chi connectivity index (χ3n) is 7.55. The smallest absolute Gasteiger partial charge is 0.222 e. The third kappa shape index (κ3) is 4.62. The van der Waals surface area contributed by atoms with Crippen molar-refractivity contribution >= 4 is 11.9 Å². The van der Waals surface area contributed by atoms with E-state index in [9.17, 15) is 9.90 Å². The summed E-state index contributed by atoms with van der Waals surface area (Å²) in [5.41, 5.74) is 7.35. The van der Waals surface area contributed by atoms with Crippen molar-refractivity contribution in [1.82, 2.24) is 0 Å². The maximum atomic E-state index is 10.7. The number of ether oxygens (including phenoxy) is 2. The van der Waals surface area contributed by atoms with E-state index in [2.05, 4.69) is 58.9 Å². The van der Waals surface area contributed by atoms with Crippen LogP contribution in [0.3, 0.4) is 0 Å². The minimum absolute atomic E-state index is 0.0348. The highest BCUT2D eigenvalue weighted by molar-refractivity contribution is 5.66. The van der Waals surface area contributed by atoms with E-state index in [0.717, 1.165) is 40.5 Å². The number of fused-ring (bicyclic) bond motifs is 1. The molecule has 4 nitrogen and oxygen atoms in total. The van der Waals surface area contributed by atoms with Gasteiger partial charge in [-0.25, -0.2) is 0 Å².